The van der Waals surface area contributed by atoms with Gasteiger partial charge in [-0.25, -0.2) is 0 Å². The number of rotatable bonds is 5. The van der Waals surface area contributed by atoms with E-state index in [1.807, 2.05) is 0 Å². The second-order valence-corrected chi connectivity index (χ2v) is 5.03. The fraction of sp³-hybridized carbons (Fsp3) is 0.846. The number of halogens is 1. The molecule has 0 radical (unpaired) electrons. The maximum atomic E-state index is 10.7. The highest BCUT2D eigenvalue weighted by Gasteiger charge is 2.46. The molecule has 1 rings (SSSR count). The number of hydrogen-bond donors (Lipinski definition) is 2. The highest BCUT2D eigenvalue weighted by atomic mass is 35.5. The van der Waals surface area contributed by atoms with E-state index in [2.05, 4.69) is 6.92 Å². The summed E-state index contributed by atoms with van der Waals surface area (Å²) in [4.78, 5) is 21.5. The van der Waals surface area contributed by atoms with Crippen molar-refractivity contribution >= 4 is 23.5 Å². The van der Waals surface area contributed by atoms with Crippen LogP contribution in [0.2, 0.25) is 0 Å². The molecule has 1 saturated carbocycles. The van der Waals surface area contributed by atoms with Crippen molar-refractivity contribution in [2.45, 2.75) is 58.3 Å². The lowest BCUT2D eigenvalue weighted by atomic mass is 9.74. The molecule has 0 bridgehead atoms. The Bertz CT molecular complexity index is 240. The van der Waals surface area contributed by atoms with E-state index in [1.54, 1.807) is 0 Å². The van der Waals surface area contributed by atoms with Crippen LogP contribution in [-0.2, 0) is 9.59 Å². The molecule has 18 heavy (non-hydrogen) atoms. The first-order valence-corrected chi connectivity index (χ1v) is 7.07. The number of unbranched alkanes of at least 4 members (excludes halogenated alkanes) is 2. The summed E-state index contributed by atoms with van der Waals surface area (Å²) >= 11 is 5.38. The third-order valence-corrected chi connectivity index (χ3v) is 3.53. The maximum absolute atomic E-state index is 10.7. The number of hydrogen-bond acceptors (Lipinski definition) is 2. The Kier molecular flexibility index (Phi) is 8.81. The summed E-state index contributed by atoms with van der Waals surface area (Å²) in [7, 11) is 0. The Morgan fingerprint density at radius 1 is 1.06 bits per heavy atom. The lowest BCUT2D eigenvalue weighted by molar-refractivity contribution is -0.167. The molecule has 0 aromatic carbocycles. The second kappa shape index (κ2) is 9.20. The summed E-state index contributed by atoms with van der Waals surface area (Å²) in [6, 6.07) is 0. The number of carboxylic acid groups (broad SMARTS) is 2. The quantitative estimate of drug-likeness (QED) is 0.458. The van der Waals surface area contributed by atoms with Crippen molar-refractivity contribution in [2.24, 2.45) is 5.41 Å². The summed E-state index contributed by atoms with van der Waals surface area (Å²) in [6.45, 7) is 2.17. The van der Waals surface area contributed by atoms with Gasteiger partial charge in [0.2, 0.25) is 0 Å². The van der Waals surface area contributed by atoms with Crippen LogP contribution in [0.3, 0.4) is 0 Å². The molecule has 5 heteroatoms. The van der Waals surface area contributed by atoms with Crippen LogP contribution < -0.4 is 0 Å². The van der Waals surface area contributed by atoms with Gasteiger partial charge in [0.15, 0.2) is 5.41 Å². The number of carbonyl (C=O) groups is 2. The van der Waals surface area contributed by atoms with Gasteiger partial charge in [-0.05, 0) is 19.3 Å². The van der Waals surface area contributed by atoms with Gasteiger partial charge in [-0.1, -0.05) is 39.0 Å². The molecule has 0 unspecified atom stereocenters. The third kappa shape index (κ3) is 5.25. The van der Waals surface area contributed by atoms with Crippen LogP contribution in [0, 0.1) is 5.41 Å². The van der Waals surface area contributed by atoms with Crippen molar-refractivity contribution < 1.29 is 19.8 Å². The Hall–Kier alpha value is -0.770. The van der Waals surface area contributed by atoms with Gasteiger partial charge in [-0.15, -0.1) is 11.6 Å². The van der Waals surface area contributed by atoms with Crippen LogP contribution in [0.5, 0.6) is 0 Å². The fourth-order valence-corrected chi connectivity index (χ4v) is 2.21. The topological polar surface area (TPSA) is 74.6 Å². The molecule has 4 nitrogen and oxygen atoms in total. The van der Waals surface area contributed by atoms with E-state index in [4.69, 9.17) is 21.8 Å². The average Bonchev–Trinajstić information content (AvgIpc) is 2.37. The van der Waals surface area contributed by atoms with Gasteiger partial charge < -0.3 is 10.2 Å². The van der Waals surface area contributed by atoms with Crippen molar-refractivity contribution in [3.05, 3.63) is 0 Å². The summed E-state index contributed by atoms with van der Waals surface area (Å²) in [5, 5.41) is 17.6. The molecular weight excluding hydrogens is 256 g/mol. The Morgan fingerprint density at radius 2 is 1.56 bits per heavy atom. The Labute approximate surface area is 113 Å². The van der Waals surface area contributed by atoms with Crippen LogP contribution in [0.4, 0.5) is 0 Å². The van der Waals surface area contributed by atoms with Crippen molar-refractivity contribution in [1.82, 2.24) is 0 Å². The van der Waals surface area contributed by atoms with Gasteiger partial charge in [0.1, 0.15) is 0 Å². The summed E-state index contributed by atoms with van der Waals surface area (Å²) < 4.78 is 0. The smallest absolute Gasteiger partial charge is 0.321 e. The Balaban J connectivity index is 0.000000411. The fourth-order valence-electron chi connectivity index (χ4n) is 2.02. The SMILES string of the molecule is CCCCCCl.O=C(O)C1(C(=O)O)CCCCC1. The zero-order valence-electron chi connectivity index (χ0n) is 11.0. The molecule has 0 aromatic rings. The zero-order chi connectivity index (χ0) is 14.0. The molecule has 0 atom stereocenters. The molecule has 106 valence electrons. The molecule has 2 N–H and O–H groups in total. The molecule has 1 fully saturated rings. The molecule has 0 aromatic heterocycles. The number of aliphatic carboxylic acids is 2. The molecular formula is C13H23ClO4. The highest BCUT2D eigenvalue weighted by Crippen LogP contribution is 2.36. The minimum Gasteiger partial charge on any atom is -0.480 e. The minimum absolute atomic E-state index is 0.275. The highest BCUT2D eigenvalue weighted by molar-refractivity contribution is 6.17. The van der Waals surface area contributed by atoms with Crippen LogP contribution >= 0.6 is 11.6 Å². The van der Waals surface area contributed by atoms with Crippen LogP contribution in [0.15, 0.2) is 0 Å². The molecule has 0 saturated heterocycles. The molecule has 0 spiro atoms. The van der Waals surface area contributed by atoms with E-state index in [1.165, 1.54) is 19.3 Å². The number of carboxylic acids is 2. The zero-order valence-corrected chi connectivity index (χ0v) is 11.7. The van der Waals surface area contributed by atoms with Gasteiger partial charge in [0, 0.05) is 5.88 Å². The van der Waals surface area contributed by atoms with Gasteiger partial charge in [-0.2, -0.15) is 0 Å². The summed E-state index contributed by atoms with van der Waals surface area (Å²) in [5.74, 6) is -1.54. The predicted octanol–water partition coefficient (Wildman–Crippen LogP) is 3.52. The van der Waals surface area contributed by atoms with E-state index >= 15 is 0 Å². The first-order chi connectivity index (χ1) is 8.51. The van der Waals surface area contributed by atoms with Crippen LogP contribution in [0.25, 0.3) is 0 Å². The molecule has 0 amide bonds. The normalized spacial score (nSPS) is 17.4. The van der Waals surface area contributed by atoms with Gasteiger partial charge in [0.05, 0.1) is 0 Å². The van der Waals surface area contributed by atoms with Gasteiger partial charge in [-0.3, -0.25) is 9.59 Å². The van der Waals surface area contributed by atoms with Gasteiger partial charge >= 0.3 is 11.9 Å². The lowest BCUT2D eigenvalue weighted by Gasteiger charge is -2.28. The van der Waals surface area contributed by atoms with E-state index in [0.29, 0.717) is 12.8 Å². The molecule has 0 heterocycles. The van der Waals surface area contributed by atoms with Crippen molar-refractivity contribution in [2.75, 3.05) is 5.88 Å². The lowest BCUT2D eigenvalue weighted by Crippen LogP contribution is -2.40. The first-order valence-electron chi connectivity index (χ1n) is 6.54. The van der Waals surface area contributed by atoms with Crippen molar-refractivity contribution in [3.8, 4) is 0 Å². The largest absolute Gasteiger partial charge is 0.480 e. The molecule has 0 aliphatic heterocycles. The second-order valence-electron chi connectivity index (χ2n) is 4.65. The van der Waals surface area contributed by atoms with Crippen LogP contribution in [0.1, 0.15) is 58.3 Å². The maximum Gasteiger partial charge on any atom is 0.321 e. The summed E-state index contributed by atoms with van der Waals surface area (Å²) in [6.07, 6.45) is 6.64. The first kappa shape index (κ1) is 17.2. The Morgan fingerprint density at radius 3 is 1.78 bits per heavy atom. The van der Waals surface area contributed by atoms with E-state index < -0.39 is 17.4 Å². The standard InChI is InChI=1S/C8H12O4.C5H11Cl/c9-6(10)8(7(11)12)4-2-1-3-5-8;1-2-3-4-5-6/h1-5H2,(H,9,10)(H,11,12);2-5H2,1H3. The van der Waals surface area contributed by atoms with Crippen LogP contribution in [-0.4, -0.2) is 28.0 Å². The third-order valence-electron chi connectivity index (χ3n) is 3.26. The minimum atomic E-state index is -1.49. The molecule has 1 aliphatic rings. The predicted molar refractivity (Wildman–Crippen MR) is 71.0 cm³/mol. The number of alkyl halides is 1. The molecule has 1 aliphatic carbocycles. The summed E-state index contributed by atoms with van der Waals surface area (Å²) in [5.41, 5.74) is -1.49. The average molecular weight is 279 g/mol. The van der Waals surface area contributed by atoms with E-state index in [0.717, 1.165) is 12.3 Å². The van der Waals surface area contributed by atoms with E-state index in [-0.39, 0.29) is 12.8 Å². The monoisotopic (exact) mass is 278 g/mol. The van der Waals surface area contributed by atoms with Crippen molar-refractivity contribution in [3.63, 3.8) is 0 Å². The van der Waals surface area contributed by atoms with Crippen molar-refractivity contribution in [1.29, 1.82) is 0 Å². The van der Waals surface area contributed by atoms with Gasteiger partial charge in [0.25, 0.3) is 0 Å². The van der Waals surface area contributed by atoms with E-state index in [9.17, 15) is 9.59 Å².